The second-order valence-electron chi connectivity index (χ2n) is 4.39. The maximum absolute atomic E-state index is 12.4. The Balaban J connectivity index is 2.38. The predicted molar refractivity (Wildman–Crippen MR) is 71.9 cm³/mol. The number of hydrogen-bond acceptors (Lipinski definition) is 2. The lowest BCUT2D eigenvalue weighted by molar-refractivity contribution is 0.102. The average Bonchev–Trinajstić information content (AvgIpc) is 2.82. The van der Waals surface area contributed by atoms with Crippen molar-refractivity contribution in [2.75, 3.05) is 0 Å². The van der Waals surface area contributed by atoms with Crippen molar-refractivity contribution in [2.24, 2.45) is 0 Å². The normalized spacial score (nSPS) is 10.6. The lowest BCUT2D eigenvalue weighted by Gasteiger charge is -2.04. The Morgan fingerprint density at radius 2 is 1.89 bits per heavy atom. The third-order valence-electron chi connectivity index (χ3n) is 3.04. The van der Waals surface area contributed by atoms with Crippen LogP contribution in [0.25, 0.3) is 0 Å². The van der Waals surface area contributed by atoms with Crippen molar-refractivity contribution in [3.63, 3.8) is 0 Å². The molecule has 0 saturated heterocycles. The van der Waals surface area contributed by atoms with Gasteiger partial charge in [-0.3, -0.25) is 9.48 Å². The molecule has 18 heavy (non-hydrogen) atoms. The third kappa shape index (κ3) is 2.35. The fourth-order valence-electron chi connectivity index (χ4n) is 1.92. The number of benzene rings is 1. The van der Waals surface area contributed by atoms with Gasteiger partial charge in [0, 0.05) is 12.1 Å². The first-order valence-corrected chi connectivity index (χ1v) is 6.33. The molecule has 2 aromatic rings. The van der Waals surface area contributed by atoms with Crippen LogP contribution in [-0.2, 0) is 13.0 Å². The van der Waals surface area contributed by atoms with Gasteiger partial charge < -0.3 is 0 Å². The first-order chi connectivity index (χ1) is 8.65. The number of ketones is 1. The molecular formula is C15H18N2O. The van der Waals surface area contributed by atoms with Gasteiger partial charge in [0.2, 0.25) is 5.78 Å². The highest BCUT2D eigenvalue weighted by atomic mass is 16.1. The van der Waals surface area contributed by atoms with Crippen LogP contribution in [0.1, 0.15) is 41.2 Å². The Bertz CT molecular complexity index is 552. The van der Waals surface area contributed by atoms with Crippen LogP contribution in [0.5, 0.6) is 0 Å². The van der Waals surface area contributed by atoms with E-state index in [-0.39, 0.29) is 5.78 Å². The van der Waals surface area contributed by atoms with Gasteiger partial charge in [0.15, 0.2) is 0 Å². The van der Waals surface area contributed by atoms with Crippen LogP contribution in [0.15, 0.2) is 30.3 Å². The number of aryl methyl sites for hydroxylation is 3. The van der Waals surface area contributed by atoms with Gasteiger partial charge in [0.1, 0.15) is 5.69 Å². The quantitative estimate of drug-likeness (QED) is 0.772. The molecule has 0 spiro atoms. The van der Waals surface area contributed by atoms with Crippen molar-refractivity contribution < 1.29 is 4.79 Å². The van der Waals surface area contributed by atoms with Gasteiger partial charge in [0.25, 0.3) is 0 Å². The van der Waals surface area contributed by atoms with Gasteiger partial charge in [0.05, 0.1) is 5.69 Å². The predicted octanol–water partition coefficient (Wildman–Crippen LogP) is 3.00. The molecule has 3 heteroatoms. The number of rotatable bonds is 4. The number of hydrogen-bond donors (Lipinski definition) is 0. The third-order valence-corrected chi connectivity index (χ3v) is 3.04. The molecule has 0 N–H and O–H groups in total. The Kier molecular flexibility index (Phi) is 3.60. The van der Waals surface area contributed by atoms with E-state index in [9.17, 15) is 4.79 Å². The summed E-state index contributed by atoms with van der Waals surface area (Å²) < 4.78 is 1.78. The molecule has 0 saturated carbocycles. The second kappa shape index (κ2) is 5.17. The molecule has 1 aromatic heterocycles. The largest absolute Gasteiger partial charge is 0.287 e. The first-order valence-electron chi connectivity index (χ1n) is 6.33. The van der Waals surface area contributed by atoms with Crippen LogP contribution < -0.4 is 0 Å². The molecule has 0 radical (unpaired) electrons. The van der Waals surface area contributed by atoms with Gasteiger partial charge >= 0.3 is 0 Å². The van der Waals surface area contributed by atoms with E-state index in [2.05, 4.69) is 5.10 Å². The smallest absolute Gasteiger partial charge is 0.211 e. The van der Waals surface area contributed by atoms with Crippen molar-refractivity contribution in [2.45, 2.75) is 33.7 Å². The Labute approximate surface area is 107 Å². The summed E-state index contributed by atoms with van der Waals surface area (Å²) in [7, 11) is 0. The lowest BCUT2D eigenvalue weighted by atomic mass is 10.1. The van der Waals surface area contributed by atoms with E-state index in [4.69, 9.17) is 0 Å². The highest BCUT2D eigenvalue weighted by Gasteiger charge is 2.15. The standard InChI is InChI=1S/C15H18N2O/c1-4-13-10-14(17(5-2)16-13)15(18)12-8-6-11(3)7-9-12/h6-10H,4-5H2,1-3H3. The number of nitrogens with zero attached hydrogens (tertiary/aromatic N) is 2. The number of carbonyl (C=O) groups is 1. The zero-order valence-electron chi connectivity index (χ0n) is 11.1. The molecule has 0 fully saturated rings. The molecular weight excluding hydrogens is 224 g/mol. The maximum atomic E-state index is 12.4. The molecule has 0 amide bonds. The number of carbonyl (C=O) groups excluding carboxylic acids is 1. The molecule has 94 valence electrons. The van der Waals surface area contributed by atoms with Crippen LogP contribution in [0.2, 0.25) is 0 Å². The molecule has 3 nitrogen and oxygen atoms in total. The van der Waals surface area contributed by atoms with Crippen molar-refractivity contribution in [1.82, 2.24) is 9.78 Å². The summed E-state index contributed by atoms with van der Waals surface area (Å²) in [6, 6.07) is 9.56. The molecule has 2 rings (SSSR count). The highest BCUT2D eigenvalue weighted by molar-refractivity contribution is 6.07. The minimum Gasteiger partial charge on any atom is -0.287 e. The topological polar surface area (TPSA) is 34.9 Å². The Morgan fingerprint density at radius 3 is 2.44 bits per heavy atom. The first kappa shape index (κ1) is 12.6. The summed E-state index contributed by atoms with van der Waals surface area (Å²) in [5, 5.41) is 4.41. The minimum absolute atomic E-state index is 0.0454. The van der Waals surface area contributed by atoms with Gasteiger partial charge in [-0.2, -0.15) is 5.10 Å². The Morgan fingerprint density at radius 1 is 1.22 bits per heavy atom. The minimum atomic E-state index is 0.0454. The van der Waals surface area contributed by atoms with E-state index >= 15 is 0 Å². The summed E-state index contributed by atoms with van der Waals surface area (Å²) in [5.74, 6) is 0.0454. The fourth-order valence-corrected chi connectivity index (χ4v) is 1.92. The van der Waals surface area contributed by atoms with Crippen molar-refractivity contribution >= 4 is 5.78 Å². The van der Waals surface area contributed by atoms with Gasteiger partial charge in [-0.1, -0.05) is 36.8 Å². The number of aromatic nitrogens is 2. The SMILES string of the molecule is CCc1cc(C(=O)c2ccc(C)cc2)n(CC)n1. The van der Waals surface area contributed by atoms with Crippen LogP contribution in [0, 0.1) is 6.92 Å². The van der Waals surface area contributed by atoms with E-state index in [0.717, 1.165) is 23.2 Å². The maximum Gasteiger partial charge on any atom is 0.211 e. The summed E-state index contributed by atoms with van der Waals surface area (Å²) >= 11 is 0. The van der Waals surface area contributed by atoms with Gasteiger partial charge in [-0.05, 0) is 26.3 Å². The molecule has 0 aliphatic heterocycles. The zero-order valence-corrected chi connectivity index (χ0v) is 11.1. The van der Waals surface area contributed by atoms with E-state index in [0.29, 0.717) is 12.2 Å². The van der Waals surface area contributed by atoms with Crippen molar-refractivity contribution in [1.29, 1.82) is 0 Å². The fraction of sp³-hybridized carbons (Fsp3) is 0.333. The van der Waals surface area contributed by atoms with Gasteiger partial charge in [-0.25, -0.2) is 0 Å². The van der Waals surface area contributed by atoms with Crippen LogP contribution >= 0.6 is 0 Å². The van der Waals surface area contributed by atoms with Crippen LogP contribution in [0.3, 0.4) is 0 Å². The van der Waals surface area contributed by atoms with E-state index < -0.39 is 0 Å². The van der Waals surface area contributed by atoms with E-state index in [1.54, 1.807) is 4.68 Å². The van der Waals surface area contributed by atoms with Crippen molar-refractivity contribution in [3.8, 4) is 0 Å². The average molecular weight is 242 g/mol. The molecule has 0 unspecified atom stereocenters. The molecule has 0 atom stereocenters. The monoisotopic (exact) mass is 242 g/mol. The van der Waals surface area contributed by atoms with Crippen LogP contribution in [0.4, 0.5) is 0 Å². The van der Waals surface area contributed by atoms with Gasteiger partial charge in [-0.15, -0.1) is 0 Å². The zero-order chi connectivity index (χ0) is 13.1. The summed E-state index contributed by atoms with van der Waals surface area (Å²) in [5.41, 5.74) is 3.52. The van der Waals surface area contributed by atoms with Crippen LogP contribution in [-0.4, -0.2) is 15.6 Å². The Hall–Kier alpha value is -1.90. The summed E-state index contributed by atoms with van der Waals surface area (Å²) in [4.78, 5) is 12.4. The van der Waals surface area contributed by atoms with E-state index in [1.165, 1.54) is 0 Å². The lowest BCUT2D eigenvalue weighted by Crippen LogP contribution is -2.10. The summed E-state index contributed by atoms with van der Waals surface area (Å²) in [6.45, 7) is 6.77. The molecule has 0 aliphatic carbocycles. The van der Waals surface area contributed by atoms with Crippen molar-refractivity contribution in [3.05, 3.63) is 52.8 Å². The molecule has 0 bridgehead atoms. The van der Waals surface area contributed by atoms with E-state index in [1.807, 2.05) is 51.1 Å². The molecule has 0 aliphatic rings. The summed E-state index contributed by atoms with van der Waals surface area (Å²) in [6.07, 6.45) is 0.848. The molecule has 1 aromatic carbocycles. The second-order valence-corrected chi connectivity index (χ2v) is 4.39. The molecule has 1 heterocycles. The highest BCUT2D eigenvalue weighted by Crippen LogP contribution is 2.13.